The molecule has 21 heavy (non-hydrogen) atoms. The van der Waals surface area contributed by atoms with Crippen molar-refractivity contribution in [1.29, 1.82) is 0 Å². The third-order valence-electron chi connectivity index (χ3n) is 3.09. The summed E-state index contributed by atoms with van der Waals surface area (Å²) >= 11 is 5.20. The Morgan fingerprint density at radius 3 is 2.67 bits per heavy atom. The Labute approximate surface area is 127 Å². The van der Waals surface area contributed by atoms with E-state index >= 15 is 0 Å². The molecule has 0 radical (unpaired) electrons. The molecule has 0 saturated heterocycles. The molecule has 0 saturated carbocycles. The summed E-state index contributed by atoms with van der Waals surface area (Å²) in [5, 5.41) is 13.5. The molecule has 0 aliphatic carbocycles. The van der Waals surface area contributed by atoms with Crippen LogP contribution in [-0.2, 0) is 16.7 Å². The maximum absolute atomic E-state index is 12.1. The molecule has 0 spiro atoms. The second-order valence-electron chi connectivity index (χ2n) is 5.74. The molecule has 0 aliphatic heterocycles. The van der Waals surface area contributed by atoms with Crippen LogP contribution in [0.5, 0.6) is 0 Å². The van der Waals surface area contributed by atoms with E-state index in [0.29, 0.717) is 29.3 Å². The standard InChI is InChI=1S/C13H19N5O2S/c1-13(2,3)9-7-8(11(19)16-14-9)10-15-17-12(21)18(10)5-6-20-4/h7H,5-6H2,1-4H3,(H,16,19)(H,17,21). The first-order valence-electron chi connectivity index (χ1n) is 6.59. The molecule has 2 N–H and O–H groups in total. The fourth-order valence-corrected chi connectivity index (χ4v) is 2.09. The Morgan fingerprint density at radius 1 is 1.33 bits per heavy atom. The van der Waals surface area contributed by atoms with E-state index in [2.05, 4.69) is 20.4 Å². The van der Waals surface area contributed by atoms with Crippen molar-refractivity contribution < 1.29 is 4.74 Å². The van der Waals surface area contributed by atoms with E-state index in [4.69, 9.17) is 17.0 Å². The van der Waals surface area contributed by atoms with Gasteiger partial charge in [0, 0.05) is 12.5 Å². The van der Waals surface area contributed by atoms with Gasteiger partial charge in [0.05, 0.1) is 24.4 Å². The van der Waals surface area contributed by atoms with Gasteiger partial charge in [-0.3, -0.25) is 14.5 Å². The van der Waals surface area contributed by atoms with Crippen molar-refractivity contribution in [2.75, 3.05) is 13.7 Å². The van der Waals surface area contributed by atoms with Crippen molar-refractivity contribution in [2.45, 2.75) is 32.7 Å². The molecule has 0 aromatic carbocycles. The molecule has 0 atom stereocenters. The molecule has 2 aromatic heterocycles. The maximum atomic E-state index is 12.1. The van der Waals surface area contributed by atoms with Gasteiger partial charge < -0.3 is 4.74 Å². The second-order valence-corrected chi connectivity index (χ2v) is 6.13. The van der Waals surface area contributed by atoms with E-state index in [1.807, 2.05) is 20.8 Å². The quantitative estimate of drug-likeness (QED) is 0.838. The first kappa shape index (κ1) is 15.6. The Hall–Kier alpha value is -1.80. The predicted octanol–water partition coefficient (Wildman–Crippen LogP) is 1.63. The molecular formula is C13H19N5O2S. The van der Waals surface area contributed by atoms with Crippen LogP contribution in [-0.4, -0.2) is 38.7 Å². The predicted molar refractivity (Wildman–Crippen MR) is 81.8 cm³/mol. The van der Waals surface area contributed by atoms with Crippen molar-refractivity contribution in [3.63, 3.8) is 0 Å². The lowest BCUT2D eigenvalue weighted by Gasteiger charge is -2.17. The molecule has 0 aliphatic rings. The Kier molecular flexibility index (Phi) is 4.38. The number of aromatic nitrogens is 5. The lowest BCUT2D eigenvalue weighted by atomic mass is 9.91. The number of rotatable bonds is 4. The van der Waals surface area contributed by atoms with Crippen LogP contribution in [0.25, 0.3) is 11.4 Å². The van der Waals surface area contributed by atoms with E-state index in [9.17, 15) is 4.79 Å². The summed E-state index contributed by atoms with van der Waals surface area (Å²) in [4.78, 5) is 12.1. The van der Waals surface area contributed by atoms with Crippen LogP contribution in [0.2, 0.25) is 0 Å². The first-order valence-corrected chi connectivity index (χ1v) is 7.00. The van der Waals surface area contributed by atoms with Crippen LogP contribution in [0.3, 0.4) is 0 Å². The van der Waals surface area contributed by atoms with Gasteiger partial charge in [0.15, 0.2) is 10.6 Å². The van der Waals surface area contributed by atoms with Crippen LogP contribution in [0.4, 0.5) is 0 Å². The number of nitrogens with zero attached hydrogens (tertiary/aromatic N) is 3. The zero-order chi connectivity index (χ0) is 15.6. The summed E-state index contributed by atoms with van der Waals surface area (Å²) in [7, 11) is 1.61. The van der Waals surface area contributed by atoms with Crippen LogP contribution >= 0.6 is 12.2 Å². The van der Waals surface area contributed by atoms with Gasteiger partial charge in [0.2, 0.25) is 0 Å². The topological polar surface area (TPSA) is 88.6 Å². The van der Waals surface area contributed by atoms with Crippen molar-refractivity contribution in [3.05, 3.63) is 26.9 Å². The first-order chi connectivity index (χ1) is 9.84. The highest BCUT2D eigenvalue weighted by Crippen LogP contribution is 2.22. The highest BCUT2D eigenvalue weighted by atomic mass is 32.1. The number of nitrogens with one attached hydrogen (secondary N) is 2. The molecule has 0 fully saturated rings. The van der Waals surface area contributed by atoms with E-state index in [0.717, 1.165) is 5.69 Å². The summed E-state index contributed by atoms with van der Waals surface area (Å²) in [5.41, 5.74) is 0.752. The van der Waals surface area contributed by atoms with Gasteiger partial charge in [-0.2, -0.15) is 10.2 Å². The lowest BCUT2D eigenvalue weighted by molar-refractivity contribution is 0.187. The molecule has 7 nitrogen and oxygen atoms in total. The normalized spacial score (nSPS) is 11.8. The van der Waals surface area contributed by atoms with Crippen molar-refractivity contribution in [3.8, 4) is 11.4 Å². The van der Waals surface area contributed by atoms with Gasteiger partial charge in [-0.1, -0.05) is 20.8 Å². The Balaban J connectivity index is 2.57. The minimum absolute atomic E-state index is 0.177. The molecule has 8 heteroatoms. The zero-order valence-electron chi connectivity index (χ0n) is 12.6. The maximum Gasteiger partial charge on any atom is 0.275 e. The fraction of sp³-hybridized carbons (Fsp3) is 0.538. The third kappa shape index (κ3) is 3.27. The number of ether oxygens (including phenoxy) is 1. The molecule has 2 rings (SSSR count). The number of hydrogen-bond donors (Lipinski definition) is 2. The average molecular weight is 309 g/mol. The highest BCUT2D eigenvalue weighted by Gasteiger charge is 2.20. The minimum Gasteiger partial charge on any atom is -0.383 e. The Morgan fingerprint density at radius 2 is 2.05 bits per heavy atom. The van der Waals surface area contributed by atoms with E-state index in [1.54, 1.807) is 17.7 Å². The molecular weight excluding hydrogens is 290 g/mol. The lowest BCUT2D eigenvalue weighted by Crippen LogP contribution is -2.21. The van der Waals surface area contributed by atoms with Crippen LogP contribution in [0, 0.1) is 4.77 Å². The van der Waals surface area contributed by atoms with E-state index in [1.165, 1.54) is 0 Å². The second kappa shape index (κ2) is 5.90. The zero-order valence-corrected chi connectivity index (χ0v) is 13.4. The monoisotopic (exact) mass is 309 g/mol. The summed E-state index contributed by atoms with van der Waals surface area (Å²) in [5.74, 6) is 0.492. The van der Waals surface area contributed by atoms with Crippen molar-refractivity contribution >= 4 is 12.2 Å². The summed E-state index contributed by atoms with van der Waals surface area (Å²) < 4.78 is 7.26. The van der Waals surface area contributed by atoms with Gasteiger partial charge in [-0.15, -0.1) is 0 Å². The SMILES string of the molecule is COCCn1c(-c2cc(C(C)(C)C)n[nH]c2=O)n[nH]c1=S. The number of H-pyrrole nitrogens is 2. The fourth-order valence-electron chi connectivity index (χ4n) is 1.87. The molecule has 2 aromatic rings. The van der Waals surface area contributed by atoms with E-state index in [-0.39, 0.29) is 11.0 Å². The van der Waals surface area contributed by atoms with Gasteiger partial charge in [-0.25, -0.2) is 5.10 Å². The minimum atomic E-state index is -0.296. The summed E-state index contributed by atoms with van der Waals surface area (Å²) in [6, 6.07) is 1.76. The van der Waals surface area contributed by atoms with Crippen molar-refractivity contribution in [2.24, 2.45) is 0 Å². The van der Waals surface area contributed by atoms with Gasteiger partial charge >= 0.3 is 0 Å². The third-order valence-corrected chi connectivity index (χ3v) is 3.40. The smallest absolute Gasteiger partial charge is 0.275 e. The van der Waals surface area contributed by atoms with E-state index < -0.39 is 0 Å². The van der Waals surface area contributed by atoms with Gasteiger partial charge in [0.1, 0.15) is 0 Å². The summed E-state index contributed by atoms with van der Waals surface area (Å²) in [6.07, 6.45) is 0. The molecule has 2 heterocycles. The van der Waals surface area contributed by atoms with Gasteiger partial charge in [-0.05, 0) is 18.3 Å². The largest absolute Gasteiger partial charge is 0.383 e. The van der Waals surface area contributed by atoms with Crippen LogP contribution < -0.4 is 5.56 Å². The molecule has 0 unspecified atom stereocenters. The highest BCUT2D eigenvalue weighted by molar-refractivity contribution is 7.71. The summed E-state index contributed by atoms with van der Waals surface area (Å²) in [6.45, 7) is 7.09. The van der Waals surface area contributed by atoms with Crippen LogP contribution in [0.1, 0.15) is 26.5 Å². The van der Waals surface area contributed by atoms with Crippen molar-refractivity contribution in [1.82, 2.24) is 25.0 Å². The van der Waals surface area contributed by atoms with Crippen LogP contribution in [0.15, 0.2) is 10.9 Å². The number of aromatic amines is 2. The number of methoxy groups -OCH3 is 1. The molecule has 114 valence electrons. The molecule has 0 bridgehead atoms. The number of hydrogen-bond acceptors (Lipinski definition) is 5. The van der Waals surface area contributed by atoms with Gasteiger partial charge in [0.25, 0.3) is 5.56 Å². The molecule has 0 amide bonds. The Bertz CT molecular complexity index is 738. The average Bonchev–Trinajstić information content (AvgIpc) is 2.77.